The molecule has 0 radical (unpaired) electrons. The number of alkyl halides is 3. The first-order valence-corrected chi connectivity index (χ1v) is 10.1. The number of nitrogens with one attached hydrogen (secondary N) is 2. The average molecular weight is 463 g/mol. The lowest BCUT2D eigenvalue weighted by atomic mass is 9.77. The van der Waals surface area contributed by atoms with Gasteiger partial charge in [0.1, 0.15) is 22.2 Å². The lowest BCUT2D eigenvalue weighted by molar-refractivity contribution is -0.212. The molecule has 2 aromatic rings. The molecule has 2 aromatic heterocycles. The summed E-state index contributed by atoms with van der Waals surface area (Å²) in [5.74, 6) is -4.09. The minimum atomic E-state index is -4.99. The van der Waals surface area contributed by atoms with Gasteiger partial charge in [0.15, 0.2) is 17.3 Å². The summed E-state index contributed by atoms with van der Waals surface area (Å²) in [6, 6.07) is 2.43. The van der Waals surface area contributed by atoms with Crippen LogP contribution in [0, 0.1) is 23.0 Å². The van der Waals surface area contributed by atoms with E-state index in [1.807, 2.05) is 5.32 Å². The van der Waals surface area contributed by atoms with Crippen LogP contribution in [0.4, 0.5) is 27.6 Å². The van der Waals surface area contributed by atoms with Gasteiger partial charge in [-0.15, -0.1) is 0 Å². The van der Waals surface area contributed by atoms with Crippen LogP contribution in [0.15, 0.2) is 23.4 Å². The average Bonchev–Trinajstić information content (AvgIpc) is 2.94. The highest BCUT2D eigenvalue weighted by atomic mass is 32.2. The zero-order valence-electron chi connectivity index (χ0n) is 15.7. The second-order valence-corrected chi connectivity index (χ2v) is 8.54. The van der Waals surface area contributed by atoms with E-state index >= 15 is 0 Å². The van der Waals surface area contributed by atoms with Gasteiger partial charge in [-0.2, -0.15) is 23.2 Å². The Morgan fingerprint density at radius 3 is 2.45 bits per heavy atom. The number of nitriles is 1. The molecule has 8 nitrogen and oxygen atoms in total. The minimum absolute atomic E-state index is 0.134. The maximum absolute atomic E-state index is 14.8. The van der Waals surface area contributed by atoms with Crippen LogP contribution >= 0.6 is 0 Å². The fourth-order valence-corrected chi connectivity index (χ4v) is 4.68. The summed E-state index contributed by atoms with van der Waals surface area (Å²) in [6.07, 6.45) is -4.11. The van der Waals surface area contributed by atoms with Crippen molar-refractivity contribution in [3.05, 3.63) is 41.5 Å². The molecule has 1 aliphatic rings. The van der Waals surface area contributed by atoms with Gasteiger partial charge < -0.3 is 9.88 Å². The lowest BCUT2D eigenvalue weighted by Crippen LogP contribution is -2.62. The lowest BCUT2D eigenvalue weighted by Gasteiger charge is -2.43. The fraction of sp³-hybridized carbons (Fsp3) is 0.353. The predicted molar refractivity (Wildman–Crippen MR) is 95.2 cm³/mol. The van der Waals surface area contributed by atoms with E-state index in [2.05, 4.69) is 4.98 Å². The van der Waals surface area contributed by atoms with E-state index < -0.39 is 74.1 Å². The number of nitrogens with zero attached hydrogens (tertiary/aromatic N) is 3. The first-order valence-electron chi connectivity index (χ1n) is 8.64. The summed E-state index contributed by atoms with van der Waals surface area (Å²) in [4.78, 5) is 14.7. The third-order valence-electron chi connectivity index (χ3n) is 4.92. The van der Waals surface area contributed by atoms with Crippen LogP contribution in [-0.4, -0.2) is 35.6 Å². The molecule has 2 N–H and O–H groups in total. The van der Waals surface area contributed by atoms with Gasteiger partial charge in [0.25, 0.3) is 5.91 Å². The number of aryl methyl sites for hydroxylation is 1. The van der Waals surface area contributed by atoms with Crippen LogP contribution in [0.2, 0.25) is 0 Å². The maximum atomic E-state index is 14.8. The number of rotatable bonds is 5. The molecule has 0 aliphatic heterocycles. The van der Waals surface area contributed by atoms with Gasteiger partial charge in [-0.1, -0.05) is 0 Å². The number of carbonyl (C=O) groups excluding carboxylic acids is 1. The maximum Gasteiger partial charge on any atom is 0.407 e. The van der Waals surface area contributed by atoms with Crippen LogP contribution in [0.5, 0.6) is 0 Å². The molecule has 0 aromatic carbocycles. The largest absolute Gasteiger partial charge is 0.407 e. The van der Waals surface area contributed by atoms with Crippen molar-refractivity contribution < 1.29 is 35.2 Å². The molecule has 1 aliphatic carbocycles. The summed E-state index contributed by atoms with van der Waals surface area (Å²) in [5.41, 5.74) is -4.74. The van der Waals surface area contributed by atoms with E-state index in [1.165, 1.54) is 10.8 Å². The van der Waals surface area contributed by atoms with Crippen LogP contribution in [0.25, 0.3) is 0 Å². The molecule has 0 spiro atoms. The van der Waals surface area contributed by atoms with Gasteiger partial charge in [-0.25, -0.2) is 22.2 Å². The van der Waals surface area contributed by atoms with Gasteiger partial charge >= 0.3 is 6.18 Å². The molecular weight excluding hydrogens is 449 g/mol. The number of halogens is 5. The fourth-order valence-electron chi connectivity index (χ4n) is 3.10. The van der Waals surface area contributed by atoms with Crippen molar-refractivity contribution in [3.8, 4) is 6.07 Å². The van der Waals surface area contributed by atoms with Gasteiger partial charge in [0.05, 0.1) is 5.69 Å². The highest BCUT2D eigenvalue weighted by Crippen LogP contribution is 2.46. The number of pyridine rings is 1. The molecule has 166 valence electrons. The number of amides is 1. The summed E-state index contributed by atoms with van der Waals surface area (Å²) < 4.78 is 96.1. The van der Waals surface area contributed by atoms with E-state index in [1.54, 1.807) is 0 Å². The number of aromatic nitrogens is 2. The normalized spacial score (nSPS) is 15.8. The molecule has 3 rings (SSSR count). The van der Waals surface area contributed by atoms with Gasteiger partial charge in [0.2, 0.25) is 10.0 Å². The number of anilines is 1. The Morgan fingerprint density at radius 1 is 1.29 bits per heavy atom. The first kappa shape index (κ1) is 22.6. The molecule has 0 saturated heterocycles. The minimum Gasteiger partial charge on any atom is -0.343 e. The van der Waals surface area contributed by atoms with Gasteiger partial charge in [-0.05, 0) is 25.3 Å². The van der Waals surface area contributed by atoms with Crippen LogP contribution < -0.4 is 10.0 Å². The van der Waals surface area contributed by atoms with Crippen molar-refractivity contribution in [2.75, 3.05) is 5.32 Å². The Labute approximate surface area is 172 Å². The number of hydrogen-bond acceptors (Lipinski definition) is 5. The van der Waals surface area contributed by atoms with Crippen LogP contribution in [-0.2, 0) is 17.1 Å². The second-order valence-electron chi connectivity index (χ2n) is 6.89. The van der Waals surface area contributed by atoms with Crippen LogP contribution in [0.1, 0.15) is 35.4 Å². The van der Waals surface area contributed by atoms with E-state index in [0.29, 0.717) is 6.20 Å². The Balaban J connectivity index is 1.94. The molecule has 0 atom stereocenters. The zero-order chi connectivity index (χ0) is 23.2. The molecular formula is C17H14F5N5O3S. The topological polar surface area (TPSA) is 117 Å². The Bertz CT molecular complexity index is 1200. The molecule has 14 heteroatoms. The molecule has 1 saturated carbocycles. The SMILES string of the molecule is Cn1cc(S(=O)(=O)NC2(C(F)(F)F)CCC2)c(F)c1C(=O)Nc1ccnc(C#N)c1F. The number of sulfonamides is 1. The van der Waals surface area contributed by atoms with Crippen molar-refractivity contribution in [2.24, 2.45) is 7.05 Å². The van der Waals surface area contributed by atoms with Crippen molar-refractivity contribution in [2.45, 2.75) is 35.9 Å². The molecule has 2 heterocycles. The third kappa shape index (κ3) is 3.86. The molecule has 31 heavy (non-hydrogen) atoms. The monoisotopic (exact) mass is 463 g/mol. The quantitative estimate of drug-likeness (QED) is 0.662. The highest BCUT2D eigenvalue weighted by Gasteiger charge is 2.60. The van der Waals surface area contributed by atoms with Crippen molar-refractivity contribution >= 4 is 21.6 Å². The van der Waals surface area contributed by atoms with Gasteiger partial charge in [-0.3, -0.25) is 4.79 Å². The molecule has 1 amide bonds. The Hall–Kier alpha value is -3.05. The summed E-state index contributed by atoms with van der Waals surface area (Å²) >= 11 is 0. The molecule has 1 fully saturated rings. The molecule has 0 unspecified atom stereocenters. The highest BCUT2D eigenvalue weighted by molar-refractivity contribution is 7.89. The van der Waals surface area contributed by atoms with Crippen molar-refractivity contribution in [3.63, 3.8) is 0 Å². The van der Waals surface area contributed by atoms with Crippen molar-refractivity contribution in [1.82, 2.24) is 14.3 Å². The van der Waals surface area contributed by atoms with Crippen LogP contribution in [0.3, 0.4) is 0 Å². The summed E-state index contributed by atoms with van der Waals surface area (Å²) in [7, 11) is -3.91. The van der Waals surface area contributed by atoms with Crippen molar-refractivity contribution in [1.29, 1.82) is 5.26 Å². The smallest absolute Gasteiger partial charge is 0.343 e. The van der Waals surface area contributed by atoms with E-state index in [0.717, 1.165) is 23.9 Å². The molecule has 0 bridgehead atoms. The number of hydrogen-bond donors (Lipinski definition) is 2. The first-order chi connectivity index (χ1) is 14.3. The second kappa shape index (κ2) is 7.57. The third-order valence-corrected chi connectivity index (χ3v) is 6.44. The predicted octanol–water partition coefficient (Wildman–Crippen LogP) is 2.59. The van der Waals surface area contributed by atoms with Gasteiger partial charge in [0, 0.05) is 19.4 Å². The van der Waals surface area contributed by atoms with E-state index in [9.17, 15) is 35.2 Å². The van der Waals surface area contributed by atoms with E-state index in [4.69, 9.17) is 5.26 Å². The number of carbonyl (C=O) groups is 1. The Morgan fingerprint density at radius 2 is 1.94 bits per heavy atom. The zero-order valence-corrected chi connectivity index (χ0v) is 16.5. The summed E-state index contributed by atoms with van der Waals surface area (Å²) in [5, 5.41) is 10.7. The summed E-state index contributed by atoms with van der Waals surface area (Å²) in [6.45, 7) is 0. The Kier molecular flexibility index (Phi) is 5.53. The van der Waals surface area contributed by atoms with E-state index in [-0.39, 0.29) is 6.42 Å². The standard InChI is InChI=1S/C17H14F5N5O3S/c1-27-8-11(31(29,30)26-16(4-2-5-16)17(20,21)22)13(19)14(27)15(28)25-9-3-6-24-10(7-23)12(9)18/h3,6,8,26H,2,4-5H2,1H3,(H,24,25,28).